The zero-order chi connectivity index (χ0) is 22.6. The molecule has 2 amide bonds. The summed E-state index contributed by atoms with van der Waals surface area (Å²) in [7, 11) is 1.28. The Morgan fingerprint density at radius 1 is 0.903 bits per heavy atom. The van der Waals surface area contributed by atoms with E-state index in [1.807, 2.05) is 74.5 Å². The van der Waals surface area contributed by atoms with Crippen molar-refractivity contribution in [1.82, 2.24) is 10.6 Å². The summed E-state index contributed by atoms with van der Waals surface area (Å²) in [5.41, 5.74) is 1.70. The van der Waals surface area contributed by atoms with Gasteiger partial charge in [-0.05, 0) is 17.0 Å². The fourth-order valence-corrected chi connectivity index (χ4v) is 3.02. The Morgan fingerprint density at radius 3 is 2.03 bits per heavy atom. The van der Waals surface area contributed by atoms with Crippen LogP contribution in [0.2, 0.25) is 0 Å². The number of alkyl carbamates (subject to hydrolysis) is 1. The van der Waals surface area contributed by atoms with Gasteiger partial charge in [0.1, 0.15) is 18.7 Å². The van der Waals surface area contributed by atoms with Crippen LogP contribution in [-0.4, -0.2) is 37.2 Å². The lowest BCUT2D eigenvalue weighted by Crippen LogP contribution is -2.54. The Balaban J connectivity index is 2.10. The Hall–Kier alpha value is -3.35. The minimum Gasteiger partial charge on any atom is -0.467 e. The standard InChI is InChI=1S/C24H30N2O5/c1-4-17(2)21(23(28)30-3)26-22(27)20(15-18-11-7-5-8-12-18)25-24(29)31-16-19-13-9-6-10-14-19/h5-14,17,20-21H,4,15-16H2,1-3H3,(H,25,29)(H,26,27)/t17?,20-,21-/m0/s1. The first-order valence-corrected chi connectivity index (χ1v) is 10.3. The van der Waals surface area contributed by atoms with E-state index in [1.54, 1.807) is 0 Å². The number of esters is 1. The third-order valence-electron chi connectivity index (χ3n) is 5.07. The quantitative estimate of drug-likeness (QED) is 0.569. The van der Waals surface area contributed by atoms with Gasteiger partial charge >= 0.3 is 12.1 Å². The lowest BCUT2D eigenvalue weighted by Gasteiger charge is -2.25. The highest BCUT2D eigenvalue weighted by Gasteiger charge is 2.30. The van der Waals surface area contributed by atoms with Crippen LogP contribution in [0.3, 0.4) is 0 Å². The van der Waals surface area contributed by atoms with Crippen molar-refractivity contribution in [1.29, 1.82) is 0 Å². The molecule has 0 radical (unpaired) electrons. The zero-order valence-electron chi connectivity index (χ0n) is 18.2. The Morgan fingerprint density at radius 2 is 1.48 bits per heavy atom. The Labute approximate surface area is 183 Å². The summed E-state index contributed by atoms with van der Waals surface area (Å²) in [4.78, 5) is 37.6. The minimum absolute atomic E-state index is 0.0873. The van der Waals surface area contributed by atoms with Crippen LogP contribution in [0.1, 0.15) is 31.4 Å². The Bertz CT molecular complexity index is 842. The van der Waals surface area contributed by atoms with Crippen molar-refractivity contribution < 1.29 is 23.9 Å². The van der Waals surface area contributed by atoms with E-state index in [0.29, 0.717) is 6.42 Å². The molecule has 2 N–H and O–H groups in total. The first-order valence-electron chi connectivity index (χ1n) is 10.3. The third-order valence-corrected chi connectivity index (χ3v) is 5.07. The van der Waals surface area contributed by atoms with Crippen molar-refractivity contribution in [3.8, 4) is 0 Å². The molecular weight excluding hydrogens is 396 g/mol. The average Bonchev–Trinajstić information content (AvgIpc) is 2.81. The van der Waals surface area contributed by atoms with E-state index in [-0.39, 0.29) is 18.9 Å². The molecule has 0 bridgehead atoms. The number of carbonyl (C=O) groups is 3. The fourth-order valence-electron chi connectivity index (χ4n) is 3.02. The van der Waals surface area contributed by atoms with E-state index in [1.165, 1.54) is 7.11 Å². The predicted octanol–water partition coefficient (Wildman–Crippen LogP) is 3.23. The van der Waals surface area contributed by atoms with Crippen LogP contribution in [0, 0.1) is 5.92 Å². The van der Waals surface area contributed by atoms with Crippen molar-refractivity contribution >= 4 is 18.0 Å². The molecule has 7 nitrogen and oxygen atoms in total. The molecule has 2 rings (SSSR count). The number of hydrogen-bond donors (Lipinski definition) is 2. The van der Waals surface area contributed by atoms with Gasteiger partial charge in [0.05, 0.1) is 7.11 Å². The smallest absolute Gasteiger partial charge is 0.408 e. The lowest BCUT2D eigenvalue weighted by atomic mass is 9.98. The molecule has 1 unspecified atom stereocenters. The molecule has 166 valence electrons. The highest BCUT2D eigenvalue weighted by molar-refractivity contribution is 5.90. The number of carbonyl (C=O) groups excluding carboxylic acids is 3. The van der Waals surface area contributed by atoms with Gasteiger partial charge in [-0.3, -0.25) is 4.79 Å². The van der Waals surface area contributed by atoms with Crippen molar-refractivity contribution in [3.63, 3.8) is 0 Å². The van der Waals surface area contributed by atoms with E-state index >= 15 is 0 Å². The zero-order valence-corrected chi connectivity index (χ0v) is 18.2. The van der Waals surface area contributed by atoms with Crippen LogP contribution in [-0.2, 0) is 32.1 Å². The molecule has 3 atom stereocenters. The first kappa shape index (κ1) is 23.9. The van der Waals surface area contributed by atoms with Gasteiger partial charge in [0.15, 0.2) is 0 Å². The number of methoxy groups -OCH3 is 1. The highest BCUT2D eigenvalue weighted by Crippen LogP contribution is 2.11. The van der Waals surface area contributed by atoms with Crippen molar-refractivity contribution in [3.05, 3.63) is 71.8 Å². The largest absolute Gasteiger partial charge is 0.467 e. The molecule has 7 heteroatoms. The maximum atomic E-state index is 13.0. The van der Waals surface area contributed by atoms with Gasteiger partial charge < -0.3 is 20.1 Å². The SMILES string of the molecule is CCC(C)[C@H](NC(=O)[C@H](Cc1ccccc1)NC(=O)OCc1ccccc1)C(=O)OC. The monoisotopic (exact) mass is 426 g/mol. The van der Waals surface area contributed by atoms with Gasteiger partial charge in [0.25, 0.3) is 0 Å². The Kier molecular flexibility index (Phi) is 9.55. The van der Waals surface area contributed by atoms with Crippen molar-refractivity contribution in [2.24, 2.45) is 5.92 Å². The topological polar surface area (TPSA) is 93.7 Å². The van der Waals surface area contributed by atoms with Crippen LogP contribution in [0.4, 0.5) is 4.79 Å². The molecule has 0 aliphatic carbocycles. The fraction of sp³-hybridized carbons (Fsp3) is 0.375. The summed E-state index contributed by atoms with van der Waals surface area (Å²) in [5.74, 6) is -1.12. The second-order valence-corrected chi connectivity index (χ2v) is 7.34. The first-order chi connectivity index (χ1) is 14.9. The molecule has 2 aromatic carbocycles. The predicted molar refractivity (Wildman–Crippen MR) is 117 cm³/mol. The molecule has 0 saturated heterocycles. The lowest BCUT2D eigenvalue weighted by molar-refractivity contribution is -0.146. The van der Waals surface area contributed by atoms with Crippen molar-refractivity contribution in [2.75, 3.05) is 7.11 Å². The average molecular weight is 427 g/mol. The second kappa shape index (κ2) is 12.4. The van der Waals surface area contributed by atoms with E-state index in [9.17, 15) is 14.4 Å². The third kappa shape index (κ3) is 7.77. The maximum Gasteiger partial charge on any atom is 0.408 e. The van der Waals surface area contributed by atoms with Crippen LogP contribution in [0.5, 0.6) is 0 Å². The summed E-state index contributed by atoms with van der Waals surface area (Å²) in [6.45, 7) is 3.87. The number of hydrogen-bond acceptors (Lipinski definition) is 5. The van der Waals surface area contributed by atoms with Crippen LogP contribution in [0.25, 0.3) is 0 Å². The molecule has 0 aliphatic heterocycles. The number of ether oxygens (including phenoxy) is 2. The van der Waals surface area contributed by atoms with Gasteiger partial charge in [-0.2, -0.15) is 0 Å². The molecule has 0 fully saturated rings. The number of nitrogens with one attached hydrogen (secondary N) is 2. The van der Waals surface area contributed by atoms with Gasteiger partial charge in [-0.1, -0.05) is 80.9 Å². The highest BCUT2D eigenvalue weighted by atomic mass is 16.5. The maximum absolute atomic E-state index is 13.0. The molecule has 0 heterocycles. The molecule has 31 heavy (non-hydrogen) atoms. The van der Waals surface area contributed by atoms with Gasteiger partial charge in [0, 0.05) is 6.42 Å². The van der Waals surface area contributed by atoms with E-state index in [4.69, 9.17) is 9.47 Å². The van der Waals surface area contributed by atoms with E-state index in [2.05, 4.69) is 10.6 Å². The number of rotatable bonds is 10. The van der Waals surface area contributed by atoms with Crippen LogP contribution < -0.4 is 10.6 Å². The van der Waals surface area contributed by atoms with Crippen molar-refractivity contribution in [2.45, 2.75) is 45.4 Å². The summed E-state index contributed by atoms with van der Waals surface area (Å²) in [6.07, 6.45) is 0.218. The van der Waals surface area contributed by atoms with E-state index < -0.39 is 30.1 Å². The van der Waals surface area contributed by atoms with E-state index in [0.717, 1.165) is 11.1 Å². The minimum atomic E-state index is -0.915. The number of benzene rings is 2. The normalized spacial score (nSPS) is 13.4. The van der Waals surface area contributed by atoms with Crippen LogP contribution in [0.15, 0.2) is 60.7 Å². The summed E-state index contributed by atoms with van der Waals surface area (Å²) in [6, 6.07) is 16.9. The summed E-state index contributed by atoms with van der Waals surface area (Å²) >= 11 is 0. The summed E-state index contributed by atoms with van der Waals surface area (Å²) in [5, 5.41) is 5.36. The van der Waals surface area contributed by atoms with Gasteiger partial charge in [-0.25, -0.2) is 9.59 Å². The molecular formula is C24H30N2O5. The van der Waals surface area contributed by atoms with Gasteiger partial charge in [-0.15, -0.1) is 0 Å². The van der Waals surface area contributed by atoms with Gasteiger partial charge in [0.2, 0.25) is 5.91 Å². The molecule has 0 aromatic heterocycles. The summed E-state index contributed by atoms with van der Waals surface area (Å²) < 4.78 is 10.1. The molecule has 0 aliphatic rings. The molecule has 0 saturated carbocycles. The van der Waals surface area contributed by atoms with Crippen LogP contribution >= 0.6 is 0 Å². The second-order valence-electron chi connectivity index (χ2n) is 7.34. The molecule has 2 aromatic rings. The number of amides is 2. The molecule has 0 spiro atoms.